The number of benzene rings is 2. The van der Waals surface area contributed by atoms with Gasteiger partial charge in [-0.3, -0.25) is 4.79 Å². The van der Waals surface area contributed by atoms with Crippen LogP contribution in [-0.2, 0) is 10.2 Å². The van der Waals surface area contributed by atoms with Crippen LogP contribution in [0.4, 0.5) is 0 Å². The molecule has 0 radical (unpaired) electrons. The summed E-state index contributed by atoms with van der Waals surface area (Å²) in [6, 6.07) is 15.9. The number of rotatable bonds is 5. The predicted molar refractivity (Wildman–Crippen MR) is 122 cm³/mol. The second-order valence-corrected chi connectivity index (χ2v) is 9.53. The fourth-order valence-electron chi connectivity index (χ4n) is 3.55. The van der Waals surface area contributed by atoms with Gasteiger partial charge in [0, 0.05) is 17.5 Å². The van der Waals surface area contributed by atoms with E-state index in [1.54, 1.807) is 0 Å². The zero-order valence-corrected chi connectivity index (χ0v) is 18.8. The summed E-state index contributed by atoms with van der Waals surface area (Å²) in [4.78, 5) is 12.5. The van der Waals surface area contributed by atoms with E-state index in [1.165, 1.54) is 22.0 Å². The first-order valence-corrected chi connectivity index (χ1v) is 11.3. The number of thioether (sulfide) groups is 1. The van der Waals surface area contributed by atoms with Crippen molar-refractivity contribution < 1.29 is 9.53 Å². The van der Waals surface area contributed by atoms with Gasteiger partial charge in [-0.2, -0.15) is 0 Å². The van der Waals surface area contributed by atoms with Crippen molar-refractivity contribution in [1.82, 2.24) is 20.2 Å². The lowest BCUT2D eigenvalue weighted by Crippen LogP contribution is -2.33. The Kier molecular flexibility index (Phi) is 5.91. The second kappa shape index (κ2) is 8.63. The van der Waals surface area contributed by atoms with Gasteiger partial charge in [-0.05, 0) is 17.0 Å². The molecular weight excluding hydrogens is 410 g/mol. The Balaban J connectivity index is 1.39. The number of nitrogens with one attached hydrogen (secondary N) is 1. The van der Waals surface area contributed by atoms with Gasteiger partial charge in [-0.1, -0.05) is 75.0 Å². The van der Waals surface area contributed by atoms with Crippen LogP contribution in [0.25, 0.3) is 11.4 Å². The van der Waals surface area contributed by atoms with Crippen LogP contribution in [0.1, 0.15) is 44.4 Å². The lowest BCUT2D eigenvalue weighted by atomic mass is 9.87. The number of hydrogen-bond acceptors (Lipinski definition) is 6. The average Bonchev–Trinajstić information content (AvgIpc) is 3.12. The zero-order chi connectivity index (χ0) is 22.0. The van der Waals surface area contributed by atoms with Crippen LogP contribution in [0.2, 0.25) is 0 Å². The number of aromatic nitrogens is 3. The molecule has 0 saturated heterocycles. The second-order valence-electron chi connectivity index (χ2n) is 8.59. The van der Waals surface area contributed by atoms with Gasteiger partial charge in [0.15, 0.2) is 5.82 Å². The van der Waals surface area contributed by atoms with Crippen LogP contribution in [0.5, 0.6) is 5.75 Å². The Hall–Kier alpha value is -3.00. The SMILES string of the molecule is CC(C)(C)c1ccc(-c2nnc(SCC(=O)NC3CCOc4ccccc43)n2N)cc1. The van der Waals surface area contributed by atoms with Gasteiger partial charge in [0.25, 0.3) is 0 Å². The van der Waals surface area contributed by atoms with Crippen molar-refractivity contribution in [1.29, 1.82) is 0 Å². The van der Waals surface area contributed by atoms with E-state index in [4.69, 9.17) is 10.6 Å². The Morgan fingerprint density at radius 3 is 2.68 bits per heavy atom. The fraction of sp³-hybridized carbons (Fsp3) is 0.348. The van der Waals surface area contributed by atoms with E-state index < -0.39 is 0 Å². The molecule has 31 heavy (non-hydrogen) atoms. The third kappa shape index (κ3) is 4.69. The molecule has 0 saturated carbocycles. The molecule has 1 aliphatic rings. The monoisotopic (exact) mass is 437 g/mol. The molecule has 0 fully saturated rings. The van der Waals surface area contributed by atoms with Gasteiger partial charge < -0.3 is 15.9 Å². The molecule has 0 bridgehead atoms. The van der Waals surface area contributed by atoms with Gasteiger partial charge in [0.1, 0.15) is 5.75 Å². The smallest absolute Gasteiger partial charge is 0.230 e. The first-order valence-electron chi connectivity index (χ1n) is 10.3. The number of nitrogens with zero attached hydrogens (tertiary/aromatic N) is 3. The number of carbonyl (C=O) groups excluding carboxylic acids is 1. The van der Waals surface area contributed by atoms with E-state index in [2.05, 4.69) is 48.4 Å². The molecule has 8 heteroatoms. The van der Waals surface area contributed by atoms with Crippen LogP contribution < -0.4 is 15.9 Å². The lowest BCUT2D eigenvalue weighted by molar-refractivity contribution is -0.119. The van der Waals surface area contributed by atoms with E-state index in [0.29, 0.717) is 17.6 Å². The number of amides is 1. The van der Waals surface area contributed by atoms with E-state index in [9.17, 15) is 4.79 Å². The highest BCUT2D eigenvalue weighted by molar-refractivity contribution is 7.99. The van der Waals surface area contributed by atoms with Crippen molar-refractivity contribution in [3.63, 3.8) is 0 Å². The van der Waals surface area contributed by atoms with Gasteiger partial charge in [-0.25, -0.2) is 4.68 Å². The Morgan fingerprint density at radius 2 is 1.94 bits per heavy atom. The Bertz CT molecular complexity index is 1070. The normalized spacial score (nSPS) is 15.8. The highest BCUT2D eigenvalue weighted by Gasteiger charge is 2.23. The summed E-state index contributed by atoms with van der Waals surface area (Å²) in [6.07, 6.45) is 0.745. The summed E-state index contributed by atoms with van der Waals surface area (Å²) in [7, 11) is 0. The molecule has 3 aromatic rings. The Morgan fingerprint density at radius 1 is 1.19 bits per heavy atom. The minimum atomic E-state index is -0.0780. The first kappa shape index (κ1) is 21.2. The van der Waals surface area contributed by atoms with E-state index in [0.717, 1.165) is 23.3 Å². The van der Waals surface area contributed by atoms with Crippen LogP contribution in [0.15, 0.2) is 53.7 Å². The van der Waals surface area contributed by atoms with E-state index >= 15 is 0 Å². The number of hydrogen-bond donors (Lipinski definition) is 2. The van der Waals surface area contributed by atoms with Crippen molar-refractivity contribution in [2.24, 2.45) is 0 Å². The molecule has 1 aromatic heterocycles. The highest BCUT2D eigenvalue weighted by atomic mass is 32.2. The minimum Gasteiger partial charge on any atom is -0.493 e. The number of para-hydroxylation sites is 1. The van der Waals surface area contributed by atoms with Crippen LogP contribution in [-0.4, -0.2) is 33.1 Å². The van der Waals surface area contributed by atoms with E-state index in [-0.39, 0.29) is 23.1 Å². The summed E-state index contributed by atoms with van der Waals surface area (Å²) < 4.78 is 7.09. The average molecular weight is 438 g/mol. The predicted octanol–water partition coefficient (Wildman–Crippen LogP) is 3.69. The number of carbonyl (C=O) groups is 1. The standard InChI is InChI=1S/C23H27N5O2S/c1-23(2,3)16-10-8-15(9-11-16)21-26-27-22(28(21)24)31-14-20(29)25-18-12-13-30-19-7-5-4-6-17(18)19/h4-11,18H,12-14,24H2,1-3H3,(H,25,29). The van der Waals surface area contributed by atoms with Gasteiger partial charge in [0.05, 0.1) is 18.4 Å². The maximum Gasteiger partial charge on any atom is 0.230 e. The van der Waals surface area contributed by atoms with Crippen molar-refractivity contribution in [2.75, 3.05) is 18.2 Å². The molecule has 1 atom stereocenters. The number of nitrogens with two attached hydrogens (primary N) is 1. The largest absolute Gasteiger partial charge is 0.493 e. The number of ether oxygens (including phenoxy) is 1. The van der Waals surface area contributed by atoms with Crippen LogP contribution in [0.3, 0.4) is 0 Å². The summed E-state index contributed by atoms with van der Waals surface area (Å²) in [5.41, 5.74) is 3.21. The maximum absolute atomic E-state index is 12.5. The van der Waals surface area contributed by atoms with Crippen molar-refractivity contribution in [3.05, 3.63) is 59.7 Å². The number of fused-ring (bicyclic) bond motifs is 1. The molecule has 0 aliphatic carbocycles. The topological polar surface area (TPSA) is 95.1 Å². The van der Waals surface area contributed by atoms with Crippen LogP contribution in [0, 0.1) is 0 Å². The minimum absolute atomic E-state index is 0.0503. The zero-order valence-electron chi connectivity index (χ0n) is 18.0. The van der Waals surface area contributed by atoms with Gasteiger partial charge >= 0.3 is 0 Å². The third-order valence-corrected chi connectivity index (χ3v) is 6.24. The van der Waals surface area contributed by atoms with Crippen molar-refractivity contribution >= 4 is 17.7 Å². The molecular formula is C23H27N5O2S. The summed E-state index contributed by atoms with van der Waals surface area (Å²) in [5.74, 6) is 7.74. The van der Waals surface area contributed by atoms with E-state index in [1.807, 2.05) is 36.4 Å². The van der Waals surface area contributed by atoms with Gasteiger partial charge in [-0.15, -0.1) is 10.2 Å². The molecule has 2 heterocycles. The maximum atomic E-state index is 12.5. The molecule has 3 N–H and O–H groups in total. The van der Waals surface area contributed by atoms with Crippen molar-refractivity contribution in [3.8, 4) is 17.1 Å². The van der Waals surface area contributed by atoms with Crippen molar-refractivity contribution in [2.45, 2.75) is 43.8 Å². The molecule has 2 aromatic carbocycles. The number of nitrogen functional groups attached to an aromatic ring is 1. The quantitative estimate of drug-likeness (QED) is 0.467. The summed E-state index contributed by atoms with van der Waals surface area (Å²) >= 11 is 1.27. The third-order valence-electron chi connectivity index (χ3n) is 5.30. The highest BCUT2D eigenvalue weighted by Crippen LogP contribution is 2.32. The fourth-order valence-corrected chi connectivity index (χ4v) is 4.22. The molecule has 1 aliphatic heterocycles. The summed E-state index contributed by atoms with van der Waals surface area (Å²) in [5, 5.41) is 12.0. The Labute approximate surface area is 186 Å². The lowest BCUT2D eigenvalue weighted by Gasteiger charge is -2.26. The first-order chi connectivity index (χ1) is 14.8. The van der Waals surface area contributed by atoms with Gasteiger partial charge in [0.2, 0.25) is 11.1 Å². The summed E-state index contributed by atoms with van der Waals surface area (Å²) in [6.45, 7) is 7.11. The molecule has 1 unspecified atom stereocenters. The molecule has 4 rings (SSSR count). The molecule has 7 nitrogen and oxygen atoms in total. The molecule has 1 amide bonds. The molecule has 162 valence electrons. The molecule has 0 spiro atoms. The van der Waals surface area contributed by atoms with Crippen LogP contribution >= 0.6 is 11.8 Å².